The lowest BCUT2D eigenvalue weighted by atomic mass is 9.94. The molecule has 2 aromatic heterocycles. The van der Waals surface area contributed by atoms with E-state index in [1.807, 2.05) is 24.3 Å². The van der Waals surface area contributed by atoms with Gasteiger partial charge >= 0.3 is 0 Å². The van der Waals surface area contributed by atoms with Crippen LogP contribution in [0.3, 0.4) is 0 Å². The normalized spacial score (nSPS) is 20.5. The number of imidazole rings is 1. The highest BCUT2D eigenvalue weighted by atomic mass is 16.2. The number of H-pyrrole nitrogens is 1. The lowest BCUT2D eigenvalue weighted by Crippen LogP contribution is -2.39. The molecule has 6 heteroatoms. The van der Waals surface area contributed by atoms with Gasteiger partial charge in [0.2, 0.25) is 5.91 Å². The maximum atomic E-state index is 12.7. The molecule has 1 saturated heterocycles. The zero-order valence-corrected chi connectivity index (χ0v) is 15.0. The summed E-state index contributed by atoms with van der Waals surface area (Å²) in [7, 11) is 2.03. The number of carbonyl (C=O) groups is 1. The summed E-state index contributed by atoms with van der Waals surface area (Å²) in [6, 6.07) is 0. The molecule has 3 heterocycles. The Morgan fingerprint density at radius 2 is 2.20 bits per heavy atom. The van der Waals surface area contributed by atoms with E-state index in [1.54, 1.807) is 0 Å². The second-order valence-corrected chi connectivity index (χ2v) is 7.41. The fourth-order valence-corrected chi connectivity index (χ4v) is 4.32. The molecule has 1 aliphatic heterocycles. The van der Waals surface area contributed by atoms with E-state index in [0.717, 1.165) is 56.7 Å². The molecule has 4 rings (SSSR count). The lowest BCUT2D eigenvalue weighted by molar-refractivity contribution is -0.132. The average Bonchev–Trinajstić information content (AvgIpc) is 3.26. The van der Waals surface area contributed by atoms with Crippen molar-refractivity contribution in [3.8, 4) is 0 Å². The van der Waals surface area contributed by atoms with Crippen molar-refractivity contribution < 1.29 is 4.79 Å². The maximum Gasteiger partial charge on any atom is 0.222 e. The summed E-state index contributed by atoms with van der Waals surface area (Å²) in [5.74, 6) is 1.71. The Morgan fingerprint density at radius 3 is 3.04 bits per heavy atom. The number of piperidine rings is 1. The zero-order chi connectivity index (χ0) is 17.2. The average molecular weight is 341 g/mol. The predicted molar refractivity (Wildman–Crippen MR) is 95.3 cm³/mol. The van der Waals surface area contributed by atoms with Gasteiger partial charge in [-0.1, -0.05) is 0 Å². The molecule has 0 spiro atoms. The van der Waals surface area contributed by atoms with Crippen LogP contribution in [-0.2, 0) is 31.1 Å². The van der Waals surface area contributed by atoms with Crippen LogP contribution < -0.4 is 0 Å². The van der Waals surface area contributed by atoms with E-state index in [0.29, 0.717) is 12.3 Å². The van der Waals surface area contributed by atoms with Crippen molar-refractivity contribution in [2.45, 2.75) is 57.3 Å². The number of hydrogen-bond donors (Lipinski definition) is 1. The summed E-state index contributed by atoms with van der Waals surface area (Å²) in [6.45, 7) is 1.67. The third-order valence-electron chi connectivity index (χ3n) is 5.72. The number of nitrogens with one attached hydrogen (secondary N) is 1. The Labute approximate surface area is 148 Å². The first-order chi connectivity index (χ1) is 12.2. The molecule has 0 saturated carbocycles. The number of hydrogen-bond acceptors (Lipinski definition) is 3. The van der Waals surface area contributed by atoms with Crippen LogP contribution in [0.2, 0.25) is 0 Å². The van der Waals surface area contributed by atoms with Gasteiger partial charge in [-0.05, 0) is 44.1 Å². The van der Waals surface area contributed by atoms with E-state index in [-0.39, 0.29) is 5.91 Å². The Morgan fingerprint density at radius 1 is 1.32 bits per heavy atom. The van der Waals surface area contributed by atoms with Crippen LogP contribution in [0, 0.1) is 0 Å². The van der Waals surface area contributed by atoms with E-state index in [2.05, 4.69) is 19.7 Å². The number of aryl methyl sites for hydroxylation is 3. The van der Waals surface area contributed by atoms with Gasteiger partial charge in [0.15, 0.2) is 0 Å². The number of carbonyl (C=O) groups excluding carboxylic acids is 1. The maximum absolute atomic E-state index is 12.7. The minimum atomic E-state index is 0.256. The summed E-state index contributed by atoms with van der Waals surface area (Å²) < 4.78 is 2.08. The molecular formula is C19H27N5O. The predicted octanol–water partition coefficient (Wildman–Crippen LogP) is 2.36. The minimum Gasteiger partial charge on any atom is -0.342 e. The zero-order valence-electron chi connectivity index (χ0n) is 15.0. The molecule has 2 aliphatic rings. The smallest absolute Gasteiger partial charge is 0.222 e. The fraction of sp³-hybridized carbons (Fsp3) is 0.632. The molecule has 1 N–H and O–H groups in total. The number of rotatable bonds is 4. The molecule has 2 aromatic rings. The minimum absolute atomic E-state index is 0.256. The second kappa shape index (κ2) is 7.02. The van der Waals surface area contributed by atoms with Gasteiger partial charge < -0.3 is 9.47 Å². The second-order valence-electron chi connectivity index (χ2n) is 7.41. The largest absolute Gasteiger partial charge is 0.342 e. The van der Waals surface area contributed by atoms with Crippen LogP contribution in [-0.4, -0.2) is 43.6 Å². The van der Waals surface area contributed by atoms with Crippen LogP contribution in [0.1, 0.15) is 60.8 Å². The monoisotopic (exact) mass is 341 g/mol. The van der Waals surface area contributed by atoms with Crippen LogP contribution in [0.5, 0.6) is 0 Å². The van der Waals surface area contributed by atoms with Crippen LogP contribution >= 0.6 is 0 Å². The summed E-state index contributed by atoms with van der Waals surface area (Å²) in [5, 5.41) is 7.65. The number of aromatic nitrogens is 4. The Bertz CT molecular complexity index is 747. The van der Waals surface area contributed by atoms with Crippen molar-refractivity contribution in [3.05, 3.63) is 35.2 Å². The SMILES string of the molecule is Cn1ccnc1[C@@H]1CCCN(C(=O)CCc2n[nH]c3c2CCCC3)C1. The first kappa shape index (κ1) is 16.4. The fourth-order valence-electron chi connectivity index (χ4n) is 4.32. The quantitative estimate of drug-likeness (QED) is 0.928. The molecule has 134 valence electrons. The van der Waals surface area contributed by atoms with Crippen molar-refractivity contribution in [2.75, 3.05) is 13.1 Å². The number of likely N-dealkylation sites (tertiary alicyclic amines) is 1. The van der Waals surface area contributed by atoms with E-state index in [1.165, 1.54) is 24.1 Å². The molecule has 1 fully saturated rings. The van der Waals surface area contributed by atoms with Gasteiger partial charge in [0.25, 0.3) is 0 Å². The summed E-state index contributed by atoms with van der Waals surface area (Å²) in [4.78, 5) is 19.2. The topological polar surface area (TPSA) is 66.8 Å². The number of nitrogens with zero attached hydrogens (tertiary/aromatic N) is 4. The van der Waals surface area contributed by atoms with E-state index >= 15 is 0 Å². The first-order valence-electron chi connectivity index (χ1n) is 9.52. The highest BCUT2D eigenvalue weighted by Gasteiger charge is 2.27. The molecule has 1 amide bonds. The van der Waals surface area contributed by atoms with Gasteiger partial charge in [-0.25, -0.2) is 4.98 Å². The van der Waals surface area contributed by atoms with Crippen molar-refractivity contribution >= 4 is 5.91 Å². The van der Waals surface area contributed by atoms with Gasteiger partial charge in [-0.2, -0.15) is 5.10 Å². The molecule has 1 atom stereocenters. The van der Waals surface area contributed by atoms with E-state index in [9.17, 15) is 4.79 Å². The van der Waals surface area contributed by atoms with E-state index in [4.69, 9.17) is 0 Å². The highest BCUT2D eigenvalue weighted by Crippen LogP contribution is 2.27. The van der Waals surface area contributed by atoms with Gasteiger partial charge in [-0.3, -0.25) is 9.89 Å². The Hall–Kier alpha value is -2.11. The molecule has 1 aliphatic carbocycles. The van der Waals surface area contributed by atoms with Crippen molar-refractivity contribution in [1.29, 1.82) is 0 Å². The summed E-state index contributed by atoms with van der Waals surface area (Å²) in [5.41, 5.74) is 3.78. The van der Waals surface area contributed by atoms with Crippen LogP contribution in [0.4, 0.5) is 0 Å². The van der Waals surface area contributed by atoms with Gasteiger partial charge in [0.05, 0.1) is 5.69 Å². The molecule has 0 radical (unpaired) electrons. The molecule has 25 heavy (non-hydrogen) atoms. The molecule has 0 unspecified atom stereocenters. The Kier molecular flexibility index (Phi) is 4.59. The number of amides is 1. The summed E-state index contributed by atoms with van der Waals surface area (Å²) in [6.07, 6.45) is 12.0. The Balaban J connectivity index is 1.36. The van der Waals surface area contributed by atoms with Crippen molar-refractivity contribution in [2.24, 2.45) is 7.05 Å². The van der Waals surface area contributed by atoms with Gasteiger partial charge in [0, 0.05) is 57.0 Å². The molecule has 0 bridgehead atoms. The first-order valence-corrected chi connectivity index (χ1v) is 9.52. The van der Waals surface area contributed by atoms with Crippen molar-refractivity contribution in [1.82, 2.24) is 24.6 Å². The standard InChI is InChI=1S/C19H27N5O/c1-23-12-10-20-19(23)14-5-4-11-24(13-14)18(25)9-8-17-15-6-2-3-7-16(15)21-22-17/h10,12,14H,2-9,11,13H2,1H3,(H,21,22)/t14-/m1/s1. The van der Waals surface area contributed by atoms with Crippen molar-refractivity contribution in [3.63, 3.8) is 0 Å². The van der Waals surface area contributed by atoms with E-state index < -0.39 is 0 Å². The van der Waals surface area contributed by atoms with Crippen LogP contribution in [0.25, 0.3) is 0 Å². The third-order valence-corrected chi connectivity index (χ3v) is 5.72. The third kappa shape index (κ3) is 3.34. The van der Waals surface area contributed by atoms with Gasteiger partial charge in [-0.15, -0.1) is 0 Å². The number of aromatic amines is 1. The molecule has 6 nitrogen and oxygen atoms in total. The molecule has 0 aromatic carbocycles. The van der Waals surface area contributed by atoms with Crippen LogP contribution in [0.15, 0.2) is 12.4 Å². The molecular weight excluding hydrogens is 314 g/mol. The number of fused-ring (bicyclic) bond motifs is 1. The lowest BCUT2D eigenvalue weighted by Gasteiger charge is -2.32. The summed E-state index contributed by atoms with van der Waals surface area (Å²) >= 11 is 0. The van der Waals surface area contributed by atoms with Gasteiger partial charge in [0.1, 0.15) is 5.82 Å². The highest BCUT2D eigenvalue weighted by molar-refractivity contribution is 5.76.